The normalized spacial score (nSPS) is 61.3. The molecule has 8 bridgehead atoms. The summed E-state index contributed by atoms with van der Waals surface area (Å²) in [7, 11) is -5.51. The van der Waals surface area contributed by atoms with E-state index in [2.05, 4.69) is 37.2 Å². The van der Waals surface area contributed by atoms with Gasteiger partial charge in [-0.2, -0.15) is 8.42 Å². The highest BCUT2D eigenvalue weighted by molar-refractivity contribution is 7.86. The van der Waals surface area contributed by atoms with E-state index in [9.17, 15) is 13.0 Å². The van der Waals surface area contributed by atoms with Crippen LogP contribution in [0.1, 0.15) is 25.7 Å². The molecule has 5 heterocycles. The van der Waals surface area contributed by atoms with Crippen molar-refractivity contribution in [2.45, 2.75) is 148 Å². The molecule has 9 aliphatic rings. The molecule has 24 heteroatoms. The molecular weight excluding hydrogens is 804 g/mol. The molecule has 0 aromatic heterocycles. The van der Waals surface area contributed by atoms with Crippen LogP contribution in [0, 0.1) is 47.3 Å². The van der Waals surface area contributed by atoms with Gasteiger partial charge in [-0.05, 0) is 24.7 Å². The number of nitrogens with one attached hydrogen (secondary N) is 7. The van der Waals surface area contributed by atoms with Crippen molar-refractivity contribution < 1.29 is 65.7 Å². The molecule has 8 N–H and O–H groups in total. The third-order valence-electron chi connectivity index (χ3n) is 14.7. The van der Waals surface area contributed by atoms with Crippen LogP contribution in [0.3, 0.4) is 0 Å². The molecule has 0 spiro atoms. The van der Waals surface area contributed by atoms with Gasteiger partial charge in [-0.15, -0.1) is 9.60 Å². The van der Waals surface area contributed by atoms with Crippen LogP contribution in [0.25, 0.3) is 0 Å². The molecule has 28 unspecified atom stereocenters. The second-order valence-corrected chi connectivity index (χ2v) is 18.8. The van der Waals surface area contributed by atoms with Crippen LogP contribution in [0.2, 0.25) is 0 Å². The zero-order chi connectivity index (χ0) is 40.0. The number of hydrogen-bond donors (Lipinski definition) is 8. The zero-order valence-electron chi connectivity index (χ0n) is 29.1. The van der Waals surface area contributed by atoms with Gasteiger partial charge in [0, 0.05) is 35.5 Å². The van der Waals surface area contributed by atoms with E-state index in [0.29, 0.717) is 25.7 Å². The Bertz CT molecular complexity index is 1610. The molecule has 9 fully saturated rings. The lowest BCUT2D eigenvalue weighted by atomic mass is 9.73. The molecule has 5 saturated heterocycles. The molecule has 11 nitrogen and oxygen atoms in total. The van der Waals surface area contributed by atoms with Crippen LogP contribution >= 0.6 is 0 Å². The zero-order valence-corrected chi connectivity index (χ0v) is 30.0. The van der Waals surface area contributed by atoms with Crippen molar-refractivity contribution in [2.24, 2.45) is 47.3 Å². The predicted octanol–water partition coefficient (Wildman–Crippen LogP) is 1.50. The maximum absolute atomic E-state index is 16.8. The maximum atomic E-state index is 16.8. The average molecular weight is 849 g/mol. The van der Waals surface area contributed by atoms with E-state index in [4.69, 9.17) is 0 Å². The Morgan fingerprint density at radius 2 is 0.714 bits per heavy atom. The van der Waals surface area contributed by atoms with Crippen LogP contribution in [-0.4, -0.2) is 141 Å². The lowest BCUT2D eigenvalue weighted by molar-refractivity contribution is -0.0964. The van der Waals surface area contributed by atoms with Crippen molar-refractivity contribution in [3.63, 3.8) is 0 Å². The van der Waals surface area contributed by atoms with Crippen LogP contribution < -0.4 is 37.2 Å². The van der Waals surface area contributed by atoms with Crippen molar-refractivity contribution in [2.75, 3.05) is 0 Å². The summed E-state index contributed by atoms with van der Waals surface area (Å²) in [4.78, 5) is 0. The minimum atomic E-state index is -5.51. The lowest BCUT2D eigenvalue weighted by Gasteiger charge is -2.43. The Balaban J connectivity index is 1.17. The van der Waals surface area contributed by atoms with Crippen LogP contribution in [-0.2, 0) is 10.1 Å². The summed E-state index contributed by atoms with van der Waals surface area (Å²) >= 11 is 0. The fourth-order valence-corrected chi connectivity index (χ4v) is 13.5. The largest absolute Gasteiger partial charge is 0.286 e. The minimum absolute atomic E-state index is 0.107. The van der Waals surface area contributed by atoms with Crippen molar-refractivity contribution in [1.29, 1.82) is 0 Å². The summed E-state index contributed by atoms with van der Waals surface area (Å²) in [5, 5.41) is 17.1. The third-order valence-corrected chi connectivity index (χ3v) is 15.9. The molecule has 0 aromatic rings. The predicted molar refractivity (Wildman–Crippen MR) is 171 cm³/mol. The Morgan fingerprint density at radius 3 is 1.16 bits per heavy atom. The third kappa shape index (κ3) is 5.82. The first kappa shape index (κ1) is 40.2. The summed E-state index contributed by atoms with van der Waals surface area (Å²) in [5.74, 6) is -12.3. The molecule has 56 heavy (non-hydrogen) atoms. The molecule has 320 valence electrons. The Labute approximate surface area is 313 Å². The summed E-state index contributed by atoms with van der Waals surface area (Å²) < 4.78 is 223. The van der Waals surface area contributed by atoms with E-state index in [0.717, 1.165) is 0 Å². The number of rotatable bonds is 1. The SMILES string of the molecule is O=S(=O)(O)C1C(F)C(F)C(F)C2C3NC4NC(NC5C6C(F)C(F)C(F)C(F)C6C(NC6NC(NC(N3)C21)C1C(F)C(F)C(F)C(F)C61)N5F)C1CCCCC41. The first-order chi connectivity index (χ1) is 26.4. The highest BCUT2D eigenvalue weighted by Gasteiger charge is 2.69. The van der Waals surface area contributed by atoms with Gasteiger partial charge in [0.1, 0.15) is 36.1 Å². The van der Waals surface area contributed by atoms with Gasteiger partial charge in [0.2, 0.25) is 0 Å². The molecule has 0 amide bonds. The maximum Gasteiger partial charge on any atom is 0.271 e. The molecule has 0 radical (unpaired) electrons. The number of fused-ring (bicyclic) bond motifs is 20. The molecule has 4 aliphatic carbocycles. The highest BCUT2D eigenvalue weighted by atomic mass is 32.2. The molecule has 0 aromatic carbocycles. The Kier molecular flexibility index (Phi) is 10.2. The van der Waals surface area contributed by atoms with Gasteiger partial charge in [0.05, 0.1) is 49.3 Å². The van der Waals surface area contributed by atoms with E-state index in [-0.39, 0.29) is 11.0 Å². The van der Waals surface area contributed by atoms with Gasteiger partial charge in [-0.3, -0.25) is 41.8 Å². The topological polar surface area (TPSA) is 142 Å². The smallest absolute Gasteiger partial charge is 0.271 e. The molecule has 4 saturated carbocycles. The quantitative estimate of drug-likeness (QED) is 0.111. The summed E-state index contributed by atoms with van der Waals surface area (Å²) in [6, 6.07) is 0. The number of alkyl halides is 11. The van der Waals surface area contributed by atoms with E-state index in [1.54, 1.807) is 0 Å². The van der Waals surface area contributed by atoms with E-state index in [1.807, 2.05) is 0 Å². The standard InChI is InChI=1S/C32H44F12N8O3S/c33-13-7-8(14(34)19(39)18(13)38)29-47-27(7)48-30-12-9(15(35)22(42)23(43)24(12)56(53,54)55)28(49-30)46-25-5-3-1-2-4-6(5)26(45-25)50-31-10-11(32(51-29)52(31)44)17(37)21(41)20(40)16(10)36/h5-32,45-51H,1-4H2,(H,53,54,55). The number of hydrogen-bond acceptors (Lipinski definition) is 10. The molecular formula is C32H44F12N8O3S. The van der Waals surface area contributed by atoms with Gasteiger partial charge in [-0.1, -0.05) is 12.8 Å². The average Bonchev–Trinajstić information content (AvgIpc) is 3.87. The van der Waals surface area contributed by atoms with Crippen molar-refractivity contribution >= 4 is 10.1 Å². The fraction of sp³-hybridized carbons (Fsp3) is 1.00. The van der Waals surface area contributed by atoms with Crippen molar-refractivity contribution in [1.82, 2.24) is 42.3 Å². The highest BCUT2D eigenvalue weighted by Crippen LogP contribution is 2.52. The fourth-order valence-electron chi connectivity index (χ4n) is 12.3. The monoisotopic (exact) mass is 848 g/mol. The molecule has 28 atom stereocenters. The Morgan fingerprint density at radius 1 is 0.411 bits per heavy atom. The van der Waals surface area contributed by atoms with E-state index < -0.39 is 174 Å². The van der Waals surface area contributed by atoms with Crippen LogP contribution in [0.15, 0.2) is 0 Å². The van der Waals surface area contributed by atoms with Crippen molar-refractivity contribution in [3.05, 3.63) is 0 Å². The van der Waals surface area contributed by atoms with Gasteiger partial charge in [0.25, 0.3) is 10.1 Å². The first-order valence-electron chi connectivity index (χ1n) is 19.2. The summed E-state index contributed by atoms with van der Waals surface area (Å²) in [6.45, 7) is 0. The number of nitrogens with zero attached hydrogens (tertiary/aromatic N) is 1. The van der Waals surface area contributed by atoms with Gasteiger partial charge in [0.15, 0.2) is 37.0 Å². The minimum Gasteiger partial charge on any atom is -0.286 e. The van der Waals surface area contributed by atoms with Crippen LogP contribution in [0.4, 0.5) is 52.8 Å². The Hall–Kier alpha value is -1.25. The molecule has 9 rings (SSSR count). The van der Waals surface area contributed by atoms with E-state index in [1.165, 1.54) is 0 Å². The second-order valence-electron chi connectivity index (χ2n) is 17.2. The van der Waals surface area contributed by atoms with Gasteiger partial charge in [-0.25, -0.2) is 48.3 Å². The first-order valence-corrected chi connectivity index (χ1v) is 20.7. The van der Waals surface area contributed by atoms with Gasteiger partial charge >= 0.3 is 0 Å². The molecule has 5 aliphatic heterocycles. The summed E-state index contributed by atoms with van der Waals surface area (Å²) in [6.07, 6.45) is -42.7. The van der Waals surface area contributed by atoms with E-state index >= 15 is 52.8 Å². The lowest BCUT2D eigenvalue weighted by Crippen LogP contribution is -2.63. The van der Waals surface area contributed by atoms with Crippen molar-refractivity contribution in [3.8, 4) is 0 Å². The summed E-state index contributed by atoms with van der Waals surface area (Å²) in [5.41, 5.74) is 0. The van der Waals surface area contributed by atoms with Gasteiger partial charge < -0.3 is 0 Å². The second kappa shape index (κ2) is 14.2. The van der Waals surface area contributed by atoms with Crippen LogP contribution in [0.5, 0.6) is 0 Å². The number of halogens is 12.